The maximum atomic E-state index is 13.7. The normalized spacial score (nSPS) is 17.9. The van der Waals surface area contributed by atoms with Gasteiger partial charge in [0.15, 0.2) is 0 Å². The van der Waals surface area contributed by atoms with Crippen molar-refractivity contribution >= 4 is 24.1 Å². The van der Waals surface area contributed by atoms with Gasteiger partial charge in [0.1, 0.15) is 5.82 Å². The molecule has 1 N–H and O–H groups in total. The number of nitrogens with one attached hydrogen (secondary N) is 1. The summed E-state index contributed by atoms with van der Waals surface area (Å²) in [5.74, 6) is 1.11. The van der Waals surface area contributed by atoms with Gasteiger partial charge in [-0.15, -0.1) is 0 Å². The van der Waals surface area contributed by atoms with Crippen molar-refractivity contribution < 1.29 is 13.9 Å². The van der Waals surface area contributed by atoms with Crippen LogP contribution in [0.15, 0.2) is 29.4 Å². The summed E-state index contributed by atoms with van der Waals surface area (Å²) in [4.78, 5) is 17.7. The standard InChI is InChI=1S/C18H22FN7O2/c19-15-4-2-1-3-14(15)13-20-24-16-21-17(25-5-9-27-10-6-25)23-18(22-16)26-7-11-28-12-8-26/h1-4,13H,5-12H2,(H,21,22,23,24). The first-order chi connectivity index (χ1) is 13.8. The summed E-state index contributed by atoms with van der Waals surface area (Å²) in [6, 6.07) is 6.42. The van der Waals surface area contributed by atoms with Crippen molar-refractivity contribution in [1.82, 2.24) is 15.0 Å². The lowest BCUT2D eigenvalue weighted by atomic mass is 10.2. The molecule has 2 aromatic rings. The predicted octanol–water partition coefficient (Wildman–Crippen LogP) is 1.13. The van der Waals surface area contributed by atoms with Gasteiger partial charge in [0.05, 0.1) is 32.6 Å². The zero-order valence-electron chi connectivity index (χ0n) is 15.4. The molecule has 28 heavy (non-hydrogen) atoms. The van der Waals surface area contributed by atoms with E-state index in [-0.39, 0.29) is 5.82 Å². The molecule has 0 unspecified atom stereocenters. The highest BCUT2D eigenvalue weighted by atomic mass is 19.1. The Hall–Kier alpha value is -2.85. The number of anilines is 3. The van der Waals surface area contributed by atoms with Crippen LogP contribution in [0.5, 0.6) is 0 Å². The number of ether oxygens (including phenoxy) is 2. The first kappa shape index (κ1) is 18.5. The molecule has 0 atom stereocenters. The Morgan fingerprint density at radius 3 is 2.04 bits per heavy atom. The molecule has 0 spiro atoms. The molecule has 10 heteroatoms. The van der Waals surface area contributed by atoms with Gasteiger partial charge < -0.3 is 19.3 Å². The molecule has 0 saturated carbocycles. The van der Waals surface area contributed by atoms with E-state index in [0.717, 1.165) is 0 Å². The van der Waals surface area contributed by atoms with Crippen LogP contribution in [-0.2, 0) is 9.47 Å². The Bertz CT molecular complexity index is 787. The summed E-state index contributed by atoms with van der Waals surface area (Å²) in [7, 11) is 0. The van der Waals surface area contributed by atoms with Gasteiger partial charge in [0, 0.05) is 31.7 Å². The number of morpholine rings is 2. The fraction of sp³-hybridized carbons (Fsp3) is 0.444. The van der Waals surface area contributed by atoms with Gasteiger partial charge in [0.25, 0.3) is 0 Å². The first-order valence-electron chi connectivity index (χ1n) is 9.25. The number of aromatic nitrogens is 3. The number of benzene rings is 1. The molecular weight excluding hydrogens is 365 g/mol. The molecule has 1 aromatic carbocycles. The lowest BCUT2D eigenvalue weighted by Gasteiger charge is -2.30. The number of nitrogens with zero attached hydrogens (tertiary/aromatic N) is 6. The molecule has 3 heterocycles. The summed E-state index contributed by atoms with van der Waals surface area (Å²) in [6.07, 6.45) is 1.40. The van der Waals surface area contributed by atoms with E-state index in [1.165, 1.54) is 12.3 Å². The van der Waals surface area contributed by atoms with Crippen LogP contribution < -0.4 is 15.2 Å². The van der Waals surface area contributed by atoms with Crippen LogP contribution in [0.2, 0.25) is 0 Å². The summed E-state index contributed by atoms with van der Waals surface area (Å²) >= 11 is 0. The average Bonchev–Trinajstić information content (AvgIpc) is 2.76. The van der Waals surface area contributed by atoms with Crippen LogP contribution >= 0.6 is 0 Å². The molecule has 9 nitrogen and oxygen atoms in total. The van der Waals surface area contributed by atoms with Crippen LogP contribution in [0.4, 0.5) is 22.2 Å². The van der Waals surface area contributed by atoms with E-state index in [2.05, 4.69) is 35.3 Å². The third kappa shape index (κ3) is 4.52. The third-order valence-corrected chi connectivity index (χ3v) is 4.47. The molecular formula is C18H22FN7O2. The highest BCUT2D eigenvalue weighted by Crippen LogP contribution is 2.18. The van der Waals surface area contributed by atoms with Crippen LogP contribution in [0, 0.1) is 5.82 Å². The second-order valence-corrected chi connectivity index (χ2v) is 6.35. The first-order valence-corrected chi connectivity index (χ1v) is 9.25. The third-order valence-electron chi connectivity index (χ3n) is 4.47. The molecule has 4 rings (SSSR count). The monoisotopic (exact) mass is 387 g/mol. The van der Waals surface area contributed by atoms with Crippen molar-refractivity contribution in [2.45, 2.75) is 0 Å². The van der Waals surface area contributed by atoms with Crippen LogP contribution in [-0.4, -0.2) is 73.8 Å². The largest absolute Gasteiger partial charge is 0.378 e. The lowest BCUT2D eigenvalue weighted by Crippen LogP contribution is -2.40. The second kappa shape index (κ2) is 8.89. The lowest BCUT2D eigenvalue weighted by molar-refractivity contribution is 0.121. The summed E-state index contributed by atoms with van der Waals surface area (Å²) in [5, 5.41) is 4.09. The van der Waals surface area contributed by atoms with E-state index < -0.39 is 0 Å². The zero-order valence-corrected chi connectivity index (χ0v) is 15.4. The van der Waals surface area contributed by atoms with Gasteiger partial charge in [-0.05, 0) is 6.07 Å². The van der Waals surface area contributed by atoms with Crippen LogP contribution in [0.1, 0.15) is 5.56 Å². The number of hydrogen-bond donors (Lipinski definition) is 1. The van der Waals surface area contributed by atoms with Gasteiger partial charge in [-0.2, -0.15) is 20.1 Å². The molecule has 0 aliphatic carbocycles. The molecule has 1 aromatic heterocycles. The molecule has 0 bridgehead atoms. The maximum absolute atomic E-state index is 13.7. The molecule has 2 aliphatic rings. The van der Waals surface area contributed by atoms with E-state index in [0.29, 0.717) is 76.0 Å². The number of hydrazone groups is 1. The van der Waals surface area contributed by atoms with Gasteiger partial charge in [-0.25, -0.2) is 9.82 Å². The van der Waals surface area contributed by atoms with E-state index in [1.807, 2.05) is 0 Å². The van der Waals surface area contributed by atoms with Gasteiger partial charge >= 0.3 is 0 Å². The van der Waals surface area contributed by atoms with E-state index >= 15 is 0 Å². The van der Waals surface area contributed by atoms with Crippen LogP contribution in [0.25, 0.3) is 0 Å². The minimum absolute atomic E-state index is 0.311. The maximum Gasteiger partial charge on any atom is 0.250 e. The van der Waals surface area contributed by atoms with Crippen molar-refractivity contribution in [2.24, 2.45) is 5.10 Å². The number of rotatable bonds is 5. The van der Waals surface area contributed by atoms with Gasteiger partial charge in [0.2, 0.25) is 17.8 Å². The van der Waals surface area contributed by atoms with E-state index in [9.17, 15) is 4.39 Å². The van der Waals surface area contributed by atoms with Crippen molar-refractivity contribution in [3.63, 3.8) is 0 Å². The van der Waals surface area contributed by atoms with Crippen molar-refractivity contribution in [2.75, 3.05) is 67.8 Å². The Labute approximate surface area is 162 Å². The molecule has 2 aliphatic heterocycles. The summed E-state index contributed by atoms with van der Waals surface area (Å²) in [5.41, 5.74) is 3.18. The highest BCUT2D eigenvalue weighted by molar-refractivity contribution is 5.80. The molecule has 2 saturated heterocycles. The van der Waals surface area contributed by atoms with E-state index in [4.69, 9.17) is 9.47 Å². The quantitative estimate of drug-likeness (QED) is 0.604. The fourth-order valence-corrected chi connectivity index (χ4v) is 2.95. The van der Waals surface area contributed by atoms with E-state index in [1.54, 1.807) is 18.2 Å². The minimum atomic E-state index is -0.341. The van der Waals surface area contributed by atoms with Gasteiger partial charge in [-0.3, -0.25) is 0 Å². The predicted molar refractivity (Wildman–Crippen MR) is 104 cm³/mol. The average molecular weight is 387 g/mol. The van der Waals surface area contributed by atoms with Crippen LogP contribution in [0.3, 0.4) is 0 Å². The number of halogens is 1. The summed E-state index contributed by atoms with van der Waals surface area (Å²) in [6.45, 7) is 5.38. The summed E-state index contributed by atoms with van der Waals surface area (Å²) < 4.78 is 24.5. The molecule has 0 radical (unpaired) electrons. The topological polar surface area (TPSA) is 88.0 Å². The Kier molecular flexibility index (Phi) is 5.88. The Morgan fingerprint density at radius 1 is 0.893 bits per heavy atom. The van der Waals surface area contributed by atoms with Crippen molar-refractivity contribution in [3.8, 4) is 0 Å². The highest BCUT2D eigenvalue weighted by Gasteiger charge is 2.20. The SMILES string of the molecule is Fc1ccccc1C=NNc1nc(N2CCOCC2)nc(N2CCOCC2)n1. The molecule has 148 valence electrons. The fourth-order valence-electron chi connectivity index (χ4n) is 2.95. The smallest absolute Gasteiger partial charge is 0.250 e. The van der Waals surface area contributed by atoms with Crippen molar-refractivity contribution in [1.29, 1.82) is 0 Å². The molecule has 0 amide bonds. The van der Waals surface area contributed by atoms with Gasteiger partial charge in [-0.1, -0.05) is 18.2 Å². The Morgan fingerprint density at radius 2 is 1.46 bits per heavy atom. The second-order valence-electron chi connectivity index (χ2n) is 6.35. The zero-order chi connectivity index (χ0) is 19.2. The minimum Gasteiger partial charge on any atom is -0.378 e. The van der Waals surface area contributed by atoms with Crippen molar-refractivity contribution in [3.05, 3.63) is 35.6 Å². The Balaban J connectivity index is 1.56. The number of hydrogen-bond acceptors (Lipinski definition) is 9. The molecule has 2 fully saturated rings.